The van der Waals surface area contributed by atoms with E-state index in [0.717, 1.165) is 32.1 Å². The van der Waals surface area contributed by atoms with Crippen molar-refractivity contribution in [2.75, 3.05) is 13.2 Å². The Morgan fingerprint density at radius 3 is 2.62 bits per heavy atom. The van der Waals surface area contributed by atoms with Gasteiger partial charge >= 0.3 is 6.36 Å². The van der Waals surface area contributed by atoms with Gasteiger partial charge in [-0.15, -0.1) is 23.4 Å². The monoisotopic (exact) mass is 415 g/mol. The van der Waals surface area contributed by atoms with E-state index in [4.69, 9.17) is 9.15 Å². The second-order valence-electron chi connectivity index (χ2n) is 9.45. The Kier molecular flexibility index (Phi) is 4.26. The Labute approximate surface area is 165 Å². The number of nitrogens with zero attached hydrogens (tertiary/aromatic N) is 2. The van der Waals surface area contributed by atoms with E-state index >= 15 is 0 Å². The first-order valence-corrected chi connectivity index (χ1v) is 10.1. The molecule has 0 unspecified atom stereocenters. The summed E-state index contributed by atoms with van der Waals surface area (Å²) in [4.78, 5) is 12.1. The first-order valence-electron chi connectivity index (χ1n) is 10.1. The van der Waals surface area contributed by atoms with Crippen LogP contribution in [0.1, 0.15) is 63.1 Å². The molecule has 6 rings (SSSR count). The molecule has 0 radical (unpaired) electrons. The van der Waals surface area contributed by atoms with E-state index in [1.165, 1.54) is 0 Å². The second-order valence-corrected chi connectivity index (χ2v) is 9.45. The van der Waals surface area contributed by atoms with E-state index in [-0.39, 0.29) is 48.0 Å². The lowest BCUT2D eigenvalue weighted by atomic mass is 9.39. The van der Waals surface area contributed by atoms with E-state index in [2.05, 4.69) is 27.2 Å². The summed E-state index contributed by atoms with van der Waals surface area (Å²) in [6.07, 6.45) is 0.442. The van der Waals surface area contributed by atoms with Gasteiger partial charge in [0.15, 0.2) is 0 Å². The van der Waals surface area contributed by atoms with E-state index < -0.39 is 6.36 Å². The first-order chi connectivity index (χ1) is 13.7. The number of nitrogens with one attached hydrogen (secondary N) is 1. The molecule has 1 aromatic rings. The zero-order valence-electron chi connectivity index (χ0n) is 16.1. The van der Waals surface area contributed by atoms with Crippen molar-refractivity contribution in [2.45, 2.75) is 74.8 Å². The molecule has 2 bridgehead atoms. The van der Waals surface area contributed by atoms with Crippen LogP contribution in [0.4, 0.5) is 13.2 Å². The molecule has 0 aromatic carbocycles. The van der Waals surface area contributed by atoms with Crippen molar-refractivity contribution in [3.05, 3.63) is 11.8 Å². The number of ether oxygens (including phenoxy) is 2. The largest absolute Gasteiger partial charge is 0.522 e. The molecule has 5 fully saturated rings. The summed E-state index contributed by atoms with van der Waals surface area (Å²) in [5.41, 5.74) is -0.402. The first kappa shape index (κ1) is 19.3. The second kappa shape index (κ2) is 6.41. The topological polar surface area (TPSA) is 86.5 Å². The highest BCUT2D eigenvalue weighted by Crippen LogP contribution is 2.67. The van der Waals surface area contributed by atoms with Gasteiger partial charge in [0.25, 0.3) is 0 Å². The number of halogens is 3. The van der Waals surface area contributed by atoms with Crippen LogP contribution in [0.3, 0.4) is 0 Å². The minimum atomic E-state index is -4.61. The maximum absolute atomic E-state index is 12.1. The molecular formula is C19H24F3N3O4. The summed E-state index contributed by atoms with van der Waals surface area (Å²) >= 11 is 0. The van der Waals surface area contributed by atoms with Gasteiger partial charge in [0, 0.05) is 11.5 Å². The predicted molar refractivity (Wildman–Crippen MR) is 91.7 cm³/mol. The Balaban J connectivity index is 1.07. The van der Waals surface area contributed by atoms with Crippen LogP contribution >= 0.6 is 0 Å². The fourth-order valence-electron chi connectivity index (χ4n) is 5.17. The standard InChI is InChI=1S/C19H24F3N3O4/c1-10-2-12(3-10)27-6-14(26)23-18-7-17(8-18,9-18)16-25-24-15(29-16)13-4-11(13)5-28-19(20,21)22/h10-13H,2-9H2,1H3,(H,23,26)/t10?,11-,12?,13+,17?,18?/m0/s1. The summed E-state index contributed by atoms with van der Waals surface area (Å²) in [6.45, 7) is 1.89. The minimum absolute atomic E-state index is 0.0884. The van der Waals surface area contributed by atoms with Gasteiger partial charge in [0.2, 0.25) is 17.7 Å². The average molecular weight is 415 g/mol. The maximum Gasteiger partial charge on any atom is 0.522 e. The van der Waals surface area contributed by atoms with Crippen LogP contribution in [0.25, 0.3) is 0 Å². The van der Waals surface area contributed by atoms with Gasteiger partial charge in [-0.1, -0.05) is 6.92 Å². The third-order valence-electron chi connectivity index (χ3n) is 6.81. The maximum atomic E-state index is 12.1. The summed E-state index contributed by atoms with van der Waals surface area (Å²) in [5, 5.41) is 11.2. The van der Waals surface area contributed by atoms with Crippen molar-refractivity contribution in [2.24, 2.45) is 11.8 Å². The van der Waals surface area contributed by atoms with Crippen LogP contribution in [0.5, 0.6) is 0 Å². The van der Waals surface area contributed by atoms with Crippen LogP contribution in [0.2, 0.25) is 0 Å². The van der Waals surface area contributed by atoms with E-state index in [1.807, 2.05) is 0 Å². The highest BCUT2D eigenvalue weighted by Gasteiger charge is 2.72. The quantitative estimate of drug-likeness (QED) is 0.703. The summed E-state index contributed by atoms with van der Waals surface area (Å²) in [7, 11) is 0. The molecule has 5 saturated carbocycles. The Hall–Kier alpha value is -1.68. The molecule has 29 heavy (non-hydrogen) atoms. The molecule has 5 aliphatic carbocycles. The van der Waals surface area contributed by atoms with E-state index in [1.54, 1.807) is 0 Å². The van der Waals surface area contributed by atoms with E-state index in [0.29, 0.717) is 24.1 Å². The third-order valence-corrected chi connectivity index (χ3v) is 6.81. The van der Waals surface area contributed by atoms with Crippen molar-refractivity contribution in [1.82, 2.24) is 15.5 Å². The van der Waals surface area contributed by atoms with Crippen molar-refractivity contribution >= 4 is 5.91 Å². The van der Waals surface area contributed by atoms with Crippen molar-refractivity contribution < 1.29 is 31.9 Å². The molecule has 1 heterocycles. The number of carbonyl (C=O) groups excluding carboxylic acids is 1. The number of hydrogen-bond donors (Lipinski definition) is 1. The molecule has 0 spiro atoms. The zero-order chi connectivity index (χ0) is 20.4. The van der Waals surface area contributed by atoms with Crippen LogP contribution in [0, 0.1) is 11.8 Å². The lowest BCUT2D eigenvalue weighted by Gasteiger charge is -2.68. The summed E-state index contributed by atoms with van der Waals surface area (Å²) in [6, 6.07) is 0. The van der Waals surface area contributed by atoms with Gasteiger partial charge in [-0.3, -0.25) is 9.53 Å². The molecule has 2 atom stereocenters. The molecule has 0 aliphatic heterocycles. The molecule has 7 nitrogen and oxygen atoms in total. The lowest BCUT2D eigenvalue weighted by molar-refractivity contribution is -0.326. The molecule has 1 N–H and O–H groups in total. The van der Waals surface area contributed by atoms with Gasteiger partial charge < -0.3 is 14.5 Å². The Morgan fingerprint density at radius 1 is 1.24 bits per heavy atom. The Bertz CT molecular complexity index is 785. The molecule has 5 aliphatic rings. The van der Waals surface area contributed by atoms with Crippen LogP contribution in [-0.4, -0.2) is 47.3 Å². The minimum Gasteiger partial charge on any atom is -0.424 e. The van der Waals surface area contributed by atoms with Crippen LogP contribution < -0.4 is 5.32 Å². The number of hydrogen-bond acceptors (Lipinski definition) is 6. The van der Waals surface area contributed by atoms with Gasteiger partial charge in [-0.2, -0.15) is 0 Å². The van der Waals surface area contributed by atoms with Crippen molar-refractivity contribution in [3.8, 4) is 0 Å². The number of alkyl halides is 3. The van der Waals surface area contributed by atoms with Crippen molar-refractivity contribution in [1.29, 1.82) is 0 Å². The summed E-state index contributed by atoms with van der Waals surface area (Å²) < 4.78 is 51.7. The van der Waals surface area contributed by atoms with Crippen LogP contribution in [0.15, 0.2) is 4.42 Å². The number of rotatable bonds is 8. The number of aromatic nitrogens is 2. The normalized spacial score (nSPS) is 39.9. The zero-order valence-corrected chi connectivity index (χ0v) is 16.1. The average Bonchev–Trinajstić information content (AvgIpc) is 3.17. The fourth-order valence-corrected chi connectivity index (χ4v) is 5.17. The van der Waals surface area contributed by atoms with Gasteiger partial charge in [-0.25, -0.2) is 0 Å². The molecule has 0 saturated heterocycles. The number of carbonyl (C=O) groups is 1. The smallest absolute Gasteiger partial charge is 0.424 e. The van der Waals surface area contributed by atoms with Crippen LogP contribution in [-0.2, 0) is 19.7 Å². The molecule has 10 heteroatoms. The SMILES string of the molecule is CC1CC(OCC(=O)NC23CC(c4nnc([C@@H]5C[C@H]5COC(F)(F)F)o4)(C2)C3)C1. The third kappa shape index (κ3) is 3.65. The molecule has 1 aromatic heterocycles. The molecular weight excluding hydrogens is 391 g/mol. The summed E-state index contributed by atoms with van der Waals surface area (Å²) in [5.74, 6) is 1.12. The van der Waals surface area contributed by atoms with Gasteiger partial charge in [-0.05, 0) is 50.4 Å². The van der Waals surface area contributed by atoms with E-state index in [9.17, 15) is 18.0 Å². The lowest BCUT2D eigenvalue weighted by Crippen LogP contribution is -2.77. The Morgan fingerprint density at radius 2 is 1.97 bits per heavy atom. The predicted octanol–water partition coefficient (Wildman–Crippen LogP) is 2.81. The molecule has 1 amide bonds. The van der Waals surface area contributed by atoms with Gasteiger partial charge in [0.1, 0.15) is 6.61 Å². The molecule has 160 valence electrons. The number of amides is 1. The highest BCUT2D eigenvalue weighted by molar-refractivity contribution is 5.79. The fraction of sp³-hybridized carbons (Fsp3) is 0.842. The highest BCUT2D eigenvalue weighted by atomic mass is 19.4. The van der Waals surface area contributed by atoms with Gasteiger partial charge in [0.05, 0.1) is 18.1 Å². The van der Waals surface area contributed by atoms with Crippen molar-refractivity contribution in [3.63, 3.8) is 0 Å².